The number of nitrogens with zero attached hydrogens (tertiary/aromatic N) is 4. The normalized spacial score (nSPS) is 12.0. The summed E-state index contributed by atoms with van der Waals surface area (Å²) in [7, 11) is 0. The van der Waals surface area contributed by atoms with Crippen LogP contribution in [0, 0.1) is 0 Å². The zero-order valence-corrected chi connectivity index (χ0v) is 20.3. The Morgan fingerprint density at radius 2 is 0.943 bits per heavy atom. The summed E-state index contributed by atoms with van der Waals surface area (Å²) in [5.74, 6) is -1.31. The molecule has 0 aliphatic rings. The van der Waals surface area contributed by atoms with Gasteiger partial charge in [-0.2, -0.15) is 10.2 Å². The van der Waals surface area contributed by atoms with Crippen LogP contribution in [0.5, 0.6) is 11.5 Å². The fourth-order valence-corrected chi connectivity index (χ4v) is 2.03. The predicted octanol–water partition coefficient (Wildman–Crippen LogP) is 2.69. The molecule has 0 unspecified atom stereocenters. The molecule has 13 heteroatoms. The van der Waals surface area contributed by atoms with Crippen LogP contribution in [0.1, 0.15) is 48.4 Å². The monoisotopic (exact) mass is 528 g/mol. The van der Waals surface area contributed by atoms with Gasteiger partial charge in [-0.3, -0.25) is 9.59 Å². The van der Waals surface area contributed by atoms with E-state index in [0.717, 1.165) is 0 Å². The molecular formula is C22H26N6NiO6. The molecule has 190 valence electrons. The zero-order valence-electron chi connectivity index (χ0n) is 19.3. The van der Waals surface area contributed by atoms with Gasteiger partial charge in [-0.05, 0) is 52.0 Å². The number of hydrogen-bond acceptors (Lipinski definition) is 10. The predicted molar refractivity (Wildman–Crippen MR) is 127 cm³/mol. The van der Waals surface area contributed by atoms with Crippen LogP contribution in [0.15, 0.2) is 69.0 Å². The van der Waals surface area contributed by atoms with Gasteiger partial charge < -0.3 is 20.6 Å². The first-order valence-electron chi connectivity index (χ1n) is 9.75. The van der Waals surface area contributed by atoms with Crippen molar-refractivity contribution in [1.29, 1.82) is 0 Å². The molecule has 0 heterocycles. The van der Waals surface area contributed by atoms with E-state index in [0.29, 0.717) is 22.8 Å². The van der Waals surface area contributed by atoms with Gasteiger partial charge in [0.15, 0.2) is 0 Å². The SMILES string of the molecule is CC(=N\O)/C(C)=N/NC(=O)c1ccccc1O.CC(=N\O)/C(C)=N/NC(=O)c1ccccc1O.[Ni]. The van der Waals surface area contributed by atoms with Gasteiger partial charge in [-0.25, -0.2) is 10.9 Å². The first-order chi connectivity index (χ1) is 16.1. The van der Waals surface area contributed by atoms with E-state index in [1.54, 1.807) is 52.0 Å². The first kappa shape index (κ1) is 30.8. The Balaban J connectivity index is 0.000000642. The van der Waals surface area contributed by atoms with Crippen molar-refractivity contribution in [3.63, 3.8) is 0 Å². The molecule has 0 saturated heterocycles. The molecule has 2 aromatic rings. The molecule has 2 rings (SSSR count). The summed E-state index contributed by atoms with van der Waals surface area (Å²) < 4.78 is 0. The summed E-state index contributed by atoms with van der Waals surface area (Å²) in [4.78, 5) is 23.2. The molecule has 6 N–H and O–H groups in total. The summed E-state index contributed by atoms with van der Waals surface area (Å²) in [6, 6.07) is 12.3. The maximum absolute atomic E-state index is 11.6. The molecule has 2 amide bonds. The minimum Gasteiger partial charge on any atom is -0.507 e. The van der Waals surface area contributed by atoms with Crippen LogP contribution >= 0.6 is 0 Å². The van der Waals surface area contributed by atoms with Crippen LogP contribution < -0.4 is 10.9 Å². The molecular weight excluding hydrogens is 503 g/mol. The zero-order chi connectivity index (χ0) is 25.7. The summed E-state index contributed by atoms with van der Waals surface area (Å²) >= 11 is 0. The van der Waals surface area contributed by atoms with Gasteiger partial charge in [0.1, 0.15) is 11.5 Å². The number of hydrazone groups is 2. The van der Waals surface area contributed by atoms with E-state index in [2.05, 4.69) is 31.4 Å². The van der Waals surface area contributed by atoms with Crippen molar-refractivity contribution in [3.05, 3.63) is 59.7 Å². The van der Waals surface area contributed by atoms with Crippen molar-refractivity contribution < 1.29 is 46.7 Å². The van der Waals surface area contributed by atoms with E-state index in [4.69, 9.17) is 10.4 Å². The number of para-hydroxylation sites is 2. The summed E-state index contributed by atoms with van der Waals surface area (Å²) in [6.45, 7) is 6.26. The number of oxime groups is 2. The largest absolute Gasteiger partial charge is 0.507 e. The quantitative estimate of drug-likeness (QED) is 0.144. The number of phenols is 2. The number of benzene rings is 2. The van der Waals surface area contributed by atoms with E-state index in [1.807, 2.05) is 0 Å². The molecule has 0 fully saturated rings. The smallest absolute Gasteiger partial charge is 0.275 e. The molecule has 0 atom stereocenters. The first-order valence-corrected chi connectivity index (χ1v) is 9.75. The summed E-state index contributed by atoms with van der Waals surface area (Å²) in [6.07, 6.45) is 0. The van der Waals surface area contributed by atoms with Gasteiger partial charge in [0, 0.05) is 16.5 Å². The van der Waals surface area contributed by atoms with Crippen LogP contribution in [0.4, 0.5) is 0 Å². The Labute approximate surface area is 211 Å². The van der Waals surface area contributed by atoms with Crippen molar-refractivity contribution in [2.45, 2.75) is 27.7 Å². The Morgan fingerprint density at radius 1 is 0.629 bits per heavy atom. The number of aromatic hydroxyl groups is 2. The fraction of sp³-hybridized carbons (Fsp3) is 0.182. The minimum atomic E-state index is -0.534. The van der Waals surface area contributed by atoms with Crippen molar-refractivity contribution >= 4 is 34.7 Å². The number of carbonyl (C=O) groups is 2. The average molecular weight is 529 g/mol. The Hall–Kier alpha value is -4.25. The Morgan fingerprint density at radius 3 is 1.23 bits per heavy atom. The standard InChI is InChI=1S/2C11H13N3O3.Ni/c2*1-7(8(2)14-17)12-13-11(16)9-5-3-4-6-10(9)15;/h2*3-6,15,17H,1-2H3,(H,13,16);/b2*12-7+,14-8+;. The molecule has 35 heavy (non-hydrogen) atoms. The Bertz CT molecular complexity index is 1060. The third kappa shape index (κ3) is 10.0. The maximum Gasteiger partial charge on any atom is 0.275 e. The number of nitrogens with one attached hydrogen (secondary N) is 2. The molecule has 0 bridgehead atoms. The second kappa shape index (κ2) is 15.6. The van der Waals surface area contributed by atoms with Crippen molar-refractivity contribution in [2.24, 2.45) is 20.5 Å². The average Bonchev–Trinajstić information content (AvgIpc) is 2.85. The van der Waals surface area contributed by atoms with Crippen molar-refractivity contribution in [3.8, 4) is 11.5 Å². The van der Waals surface area contributed by atoms with E-state index >= 15 is 0 Å². The van der Waals surface area contributed by atoms with E-state index < -0.39 is 11.8 Å². The van der Waals surface area contributed by atoms with Crippen molar-refractivity contribution in [1.82, 2.24) is 10.9 Å². The van der Waals surface area contributed by atoms with Gasteiger partial charge in [0.05, 0.1) is 34.0 Å². The number of hydrogen-bond donors (Lipinski definition) is 6. The number of carbonyl (C=O) groups excluding carboxylic acids is 2. The maximum atomic E-state index is 11.6. The number of rotatable bonds is 6. The van der Waals surface area contributed by atoms with Gasteiger partial charge in [0.2, 0.25) is 0 Å². The summed E-state index contributed by atoms with van der Waals surface area (Å²) in [5.41, 5.74) is 6.09. The number of phenolic OH excluding ortho intramolecular Hbond substituents is 2. The van der Waals surface area contributed by atoms with Gasteiger partial charge >= 0.3 is 0 Å². The van der Waals surface area contributed by atoms with Gasteiger partial charge in [-0.15, -0.1) is 0 Å². The van der Waals surface area contributed by atoms with E-state index in [1.165, 1.54) is 24.3 Å². The van der Waals surface area contributed by atoms with Crippen LogP contribution in [0.3, 0.4) is 0 Å². The summed E-state index contributed by atoms with van der Waals surface area (Å²) in [5, 5.41) is 49.2. The van der Waals surface area contributed by atoms with Gasteiger partial charge in [-0.1, -0.05) is 34.6 Å². The molecule has 0 aliphatic carbocycles. The molecule has 0 spiro atoms. The van der Waals surface area contributed by atoms with Crippen LogP contribution in [-0.2, 0) is 16.5 Å². The molecule has 2 aromatic carbocycles. The fourth-order valence-electron chi connectivity index (χ4n) is 2.03. The molecule has 0 radical (unpaired) electrons. The van der Waals surface area contributed by atoms with Crippen LogP contribution in [0.2, 0.25) is 0 Å². The van der Waals surface area contributed by atoms with Gasteiger partial charge in [0.25, 0.3) is 11.8 Å². The number of amides is 2. The molecule has 0 saturated carbocycles. The van der Waals surface area contributed by atoms with E-state index in [-0.39, 0.29) is 39.1 Å². The second-order valence-electron chi connectivity index (χ2n) is 6.68. The second-order valence-corrected chi connectivity index (χ2v) is 6.68. The Kier molecular flexibility index (Phi) is 13.7. The third-order valence-corrected chi connectivity index (χ3v) is 4.29. The molecule has 12 nitrogen and oxygen atoms in total. The third-order valence-electron chi connectivity index (χ3n) is 4.29. The van der Waals surface area contributed by atoms with Crippen LogP contribution in [-0.4, -0.2) is 55.3 Å². The van der Waals surface area contributed by atoms with Crippen molar-refractivity contribution in [2.75, 3.05) is 0 Å². The van der Waals surface area contributed by atoms with E-state index in [9.17, 15) is 19.8 Å². The topological polar surface area (TPSA) is 189 Å². The molecule has 0 aromatic heterocycles. The minimum absolute atomic E-state index is 0. The molecule has 0 aliphatic heterocycles. The van der Waals surface area contributed by atoms with Crippen LogP contribution in [0.25, 0.3) is 0 Å².